The van der Waals surface area contributed by atoms with Gasteiger partial charge in [-0.2, -0.15) is 5.26 Å². The van der Waals surface area contributed by atoms with Gasteiger partial charge in [0.2, 0.25) is 0 Å². The lowest BCUT2D eigenvalue weighted by Crippen LogP contribution is -1.96. The number of rotatable bonds is 2. The van der Waals surface area contributed by atoms with Crippen LogP contribution in [-0.2, 0) is 0 Å². The van der Waals surface area contributed by atoms with Crippen LogP contribution in [0.2, 0.25) is 0 Å². The summed E-state index contributed by atoms with van der Waals surface area (Å²) >= 11 is 0. The Labute approximate surface area is 79.7 Å². The number of aldehydes is 1. The summed E-state index contributed by atoms with van der Waals surface area (Å²) < 4.78 is 0. The van der Waals surface area contributed by atoms with Gasteiger partial charge in [0.25, 0.3) is 5.69 Å². The molecular formula is C9H6N2O3. The zero-order valence-electron chi connectivity index (χ0n) is 7.35. The second-order valence-corrected chi connectivity index (χ2v) is 2.71. The van der Waals surface area contributed by atoms with Gasteiger partial charge < -0.3 is 0 Å². The Morgan fingerprint density at radius 2 is 2.21 bits per heavy atom. The maximum Gasteiger partial charge on any atom is 0.273 e. The van der Waals surface area contributed by atoms with E-state index in [0.717, 1.165) is 6.07 Å². The largest absolute Gasteiger partial charge is 0.298 e. The number of carbonyl (C=O) groups is 1. The Kier molecular flexibility index (Phi) is 2.58. The van der Waals surface area contributed by atoms with Crippen molar-refractivity contribution in [3.8, 4) is 6.07 Å². The number of benzene rings is 1. The number of nitrogens with zero attached hydrogens (tertiary/aromatic N) is 2. The summed E-state index contributed by atoms with van der Waals surface area (Å²) in [6.07, 6.45) is 0.509. The highest BCUT2D eigenvalue weighted by Gasteiger charge is 2.14. The maximum atomic E-state index is 10.5. The monoisotopic (exact) mass is 190 g/mol. The average Bonchev–Trinajstić information content (AvgIpc) is 2.16. The summed E-state index contributed by atoms with van der Waals surface area (Å²) in [6.45, 7) is 1.52. The van der Waals surface area contributed by atoms with E-state index in [-0.39, 0.29) is 16.8 Å². The van der Waals surface area contributed by atoms with Crippen molar-refractivity contribution in [1.29, 1.82) is 5.26 Å². The van der Waals surface area contributed by atoms with Crippen LogP contribution in [0.4, 0.5) is 5.69 Å². The minimum atomic E-state index is -0.579. The number of hydrogen-bond donors (Lipinski definition) is 0. The number of nitro groups is 1. The summed E-state index contributed by atoms with van der Waals surface area (Å²) in [7, 11) is 0. The predicted octanol–water partition coefficient (Wildman–Crippen LogP) is 1.59. The minimum absolute atomic E-state index is 0.0253. The molecule has 0 aromatic heterocycles. The van der Waals surface area contributed by atoms with Crippen molar-refractivity contribution in [1.82, 2.24) is 0 Å². The SMILES string of the molecule is Cc1cc(C=O)c(C#N)cc1[N+](=O)[O-]. The molecule has 0 aliphatic rings. The highest BCUT2D eigenvalue weighted by atomic mass is 16.6. The van der Waals surface area contributed by atoms with Crippen LogP contribution in [0.5, 0.6) is 0 Å². The van der Waals surface area contributed by atoms with Crippen LogP contribution in [0.1, 0.15) is 21.5 Å². The summed E-state index contributed by atoms with van der Waals surface area (Å²) in [4.78, 5) is 20.4. The minimum Gasteiger partial charge on any atom is -0.298 e. The first-order valence-corrected chi connectivity index (χ1v) is 3.74. The van der Waals surface area contributed by atoms with E-state index < -0.39 is 4.92 Å². The average molecular weight is 190 g/mol. The molecular weight excluding hydrogens is 184 g/mol. The fraction of sp³-hybridized carbons (Fsp3) is 0.111. The van der Waals surface area contributed by atoms with E-state index in [4.69, 9.17) is 5.26 Å². The van der Waals surface area contributed by atoms with Gasteiger partial charge in [-0.05, 0) is 13.0 Å². The van der Waals surface area contributed by atoms with Gasteiger partial charge in [-0.15, -0.1) is 0 Å². The van der Waals surface area contributed by atoms with Crippen molar-refractivity contribution in [2.45, 2.75) is 6.92 Å². The fourth-order valence-corrected chi connectivity index (χ4v) is 1.11. The molecule has 0 aliphatic heterocycles. The summed E-state index contributed by atoms with van der Waals surface area (Å²) in [5.74, 6) is 0. The molecule has 1 aromatic carbocycles. The summed E-state index contributed by atoms with van der Waals surface area (Å²) in [6, 6.07) is 4.18. The van der Waals surface area contributed by atoms with Crippen molar-refractivity contribution < 1.29 is 9.72 Å². The molecule has 0 bridgehead atoms. The standard InChI is InChI=1S/C9H6N2O3/c1-6-2-8(5-12)7(4-10)3-9(6)11(13)14/h2-3,5H,1H3. The number of nitriles is 1. The van der Waals surface area contributed by atoms with Crippen LogP contribution < -0.4 is 0 Å². The van der Waals surface area contributed by atoms with E-state index in [9.17, 15) is 14.9 Å². The first-order chi connectivity index (χ1) is 6.60. The number of nitro benzene ring substituents is 1. The Morgan fingerprint density at radius 3 is 2.64 bits per heavy atom. The van der Waals surface area contributed by atoms with Gasteiger partial charge in [0.15, 0.2) is 6.29 Å². The van der Waals surface area contributed by atoms with E-state index in [1.165, 1.54) is 13.0 Å². The Hall–Kier alpha value is -2.22. The van der Waals surface area contributed by atoms with Crippen LogP contribution in [0.3, 0.4) is 0 Å². The van der Waals surface area contributed by atoms with Gasteiger partial charge >= 0.3 is 0 Å². The molecule has 0 radical (unpaired) electrons. The zero-order valence-corrected chi connectivity index (χ0v) is 7.35. The Balaban J connectivity index is 3.47. The van der Waals surface area contributed by atoms with E-state index in [1.54, 1.807) is 6.07 Å². The van der Waals surface area contributed by atoms with Gasteiger partial charge in [0.05, 0.1) is 10.5 Å². The molecule has 0 saturated carbocycles. The molecule has 0 aliphatic carbocycles. The predicted molar refractivity (Wildman–Crippen MR) is 47.9 cm³/mol. The van der Waals surface area contributed by atoms with Gasteiger partial charge in [-0.1, -0.05) is 0 Å². The molecule has 0 saturated heterocycles. The lowest BCUT2D eigenvalue weighted by Gasteiger charge is -1.99. The van der Waals surface area contributed by atoms with Crippen molar-refractivity contribution in [3.63, 3.8) is 0 Å². The first-order valence-electron chi connectivity index (χ1n) is 3.74. The van der Waals surface area contributed by atoms with Gasteiger partial charge in [-0.25, -0.2) is 0 Å². The van der Waals surface area contributed by atoms with Crippen LogP contribution in [0.25, 0.3) is 0 Å². The van der Waals surface area contributed by atoms with Crippen molar-refractivity contribution in [2.24, 2.45) is 0 Å². The van der Waals surface area contributed by atoms with E-state index in [1.807, 2.05) is 0 Å². The molecule has 70 valence electrons. The molecule has 0 amide bonds. The quantitative estimate of drug-likeness (QED) is 0.402. The van der Waals surface area contributed by atoms with Gasteiger partial charge in [-0.3, -0.25) is 14.9 Å². The molecule has 0 spiro atoms. The van der Waals surface area contributed by atoms with Crippen LogP contribution in [0.15, 0.2) is 12.1 Å². The lowest BCUT2D eigenvalue weighted by molar-refractivity contribution is -0.385. The number of hydrogen-bond acceptors (Lipinski definition) is 4. The third-order valence-corrected chi connectivity index (χ3v) is 1.81. The molecule has 1 rings (SSSR count). The highest BCUT2D eigenvalue weighted by molar-refractivity contribution is 5.80. The molecule has 5 nitrogen and oxygen atoms in total. The fourth-order valence-electron chi connectivity index (χ4n) is 1.11. The molecule has 14 heavy (non-hydrogen) atoms. The van der Waals surface area contributed by atoms with Crippen molar-refractivity contribution >= 4 is 12.0 Å². The zero-order chi connectivity index (χ0) is 10.7. The van der Waals surface area contributed by atoms with Crippen LogP contribution >= 0.6 is 0 Å². The van der Waals surface area contributed by atoms with E-state index in [2.05, 4.69) is 0 Å². The smallest absolute Gasteiger partial charge is 0.273 e. The molecule has 0 unspecified atom stereocenters. The first kappa shape index (κ1) is 9.86. The van der Waals surface area contributed by atoms with Crippen molar-refractivity contribution in [3.05, 3.63) is 38.9 Å². The Bertz CT molecular complexity index is 446. The molecule has 0 N–H and O–H groups in total. The lowest BCUT2D eigenvalue weighted by atomic mass is 10.0. The molecule has 1 aromatic rings. The molecule has 5 heteroatoms. The highest BCUT2D eigenvalue weighted by Crippen LogP contribution is 2.21. The third kappa shape index (κ3) is 1.59. The maximum absolute atomic E-state index is 10.5. The number of carbonyl (C=O) groups excluding carboxylic acids is 1. The molecule has 0 fully saturated rings. The van der Waals surface area contributed by atoms with Crippen LogP contribution in [-0.4, -0.2) is 11.2 Å². The summed E-state index contributed by atoms with van der Waals surface area (Å²) in [5, 5.41) is 19.1. The second-order valence-electron chi connectivity index (χ2n) is 2.71. The summed E-state index contributed by atoms with van der Waals surface area (Å²) in [5.41, 5.74) is 0.427. The third-order valence-electron chi connectivity index (χ3n) is 1.81. The van der Waals surface area contributed by atoms with Gasteiger partial charge in [0, 0.05) is 17.2 Å². The second kappa shape index (κ2) is 3.66. The Morgan fingerprint density at radius 1 is 1.57 bits per heavy atom. The topological polar surface area (TPSA) is 84.0 Å². The molecule has 0 heterocycles. The van der Waals surface area contributed by atoms with E-state index >= 15 is 0 Å². The van der Waals surface area contributed by atoms with Crippen LogP contribution in [0, 0.1) is 28.4 Å². The molecule has 0 atom stereocenters. The number of aryl methyl sites for hydroxylation is 1. The van der Waals surface area contributed by atoms with E-state index in [0.29, 0.717) is 11.8 Å². The van der Waals surface area contributed by atoms with Gasteiger partial charge in [0.1, 0.15) is 6.07 Å². The van der Waals surface area contributed by atoms with Crippen molar-refractivity contribution in [2.75, 3.05) is 0 Å². The normalized spacial score (nSPS) is 9.14.